The predicted molar refractivity (Wildman–Crippen MR) is 319 cm³/mol. The van der Waals surface area contributed by atoms with Gasteiger partial charge in [0.25, 0.3) is 6.33 Å². The highest BCUT2D eigenvalue weighted by Gasteiger charge is 2.38. The fourth-order valence-electron chi connectivity index (χ4n) is 12.9. The molecule has 78 heavy (non-hydrogen) atoms. The lowest BCUT2D eigenvalue weighted by Crippen LogP contribution is -2.32. The number of aromatic nitrogens is 4. The molecule has 0 fully saturated rings. The Labute approximate surface area is 454 Å². The summed E-state index contributed by atoms with van der Waals surface area (Å²) >= 11 is 0. The van der Waals surface area contributed by atoms with Crippen LogP contribution in [0.5, 0.6) is 11.5 Å². The molecule has 0 spiro atoms. The van der Waals surface area contributed by atoms with Crippen molar-refractivity contribution in [1.82, 2.24) is 14.1 Å². The van der Waals surface area contributed by atoms with E-state index in [0.717, 1.165) is 89.5 Å². The fraction of sp³-hybridized carbons (Fsp3) is 0.0959. The normalized spacial score (nSPS) is 13.0. The third kappa shape index (κ3) is 7.01. The molecule has 1 aliphatic carbocycles. The summed E-state index contributed by atoms with van der Waals surface area (Å²) in [4.78, 5) is 4.93. The van der Waals surface area contributed by atoms with Gasteiger partial charge in [0.15, 0.2) is 0 Å². The average molecular weight is 1000 g/mol. The van der Waals surface area contributed by atoms with Gasteiger partial charge in [0.1, 0.15) is 17.3 Å². The highest BCUT2D eigenvalue weighted by molar-refractivity contribution is 6.09. The molecule has 372 valence electrons. The first-order valence-electron chi connectivity index (χ1n) is 27.0. The van der Waals surface area contributed by atoms with E-state index in [-0.39, 0.29) is 10.8 Å². The Balaban J connectivity index is 0.939. The van der Waals surface area contributed by atoms with Gasteiger partial charge >= 0.3 is 0 Å². The van der Waals surface area contributed by atoms with E-state index in [1.807, 2.05) is 12.3 Å². The first kappa shape index (κ1) is 45.8. The summed E-state index contributed by atoms with van der Waals surface area (Å²) in [6.07, 6.45) is 5.96. The van der Waals surface area contributed by atoms with Crippen LogP contribution in [0.1, 0.15) is 51.3 Å². The Kier molecular flexibility index (Phi) is 10.1. The summed E-state index contributed by atoms with van der Waals surface area (Å²) in [5.41, 5.74) is 24.2. The van der Waals surface area contributed by atoms with Gasteiger partial charge in [-0.25, -0.2) is 4.98 Å². The SMILES string of the molecule is CC(C)(C)c1ccnc(-n2c3ccccc3c3ccc(Oc4cccc(-n5[c-][n+]6c7c(cccc75)-c5ccccc5-c5ccccc5-c5cccc(-c7cc(-c8ccccc8)c8c(c7)-c7ccccc7C8(C)C)c5-6)c4)cc32)c1. The number of hydrogen-bond donors (Lipinski definition) is 0. The summed E-state index contributed by atoms with van der Waals surface area (Å²) in [5.74, 6) is 2.34. The summed E-state index contributed by atoms with van der Waals surface area (Å²) in [6, 6.07) is 83.8. The van der Waals surface area contributed by atoms with E-state index in [2.05, 4.69) is 279 Å². The van der Waals surface area contributed by atoms with Gasteiger partial charge in [-0.2, -0.15) is 0 Å². The Morgan fingerprint density at radius 3 is 1.86 bits per heavy atom. The molecule has 0 saturated carbocycles. The molecule has 5 nitrogen and oxygen atoms in total. The zero-order valence-corrected chi connectivity index (χ0v) is 44.2. The Morgan fingerprint density at radius 1 is 0.462 bits per heavy atom. The summed E-state index contributed by atoms with van der Waals surface area (Å²) in [7, 11) is 0. The molecular formula is C73H54N4O. The van der Waals surface area contributed by atoms with Gasteiger partial charge in [0, 0.05) is 28.5 Å². The van der Waals surface area contributed by atoms with Crippen molar-refractivity contribution in [3.8, 4) is 95.5 Å². The molecule has 0 saturated heterocycles. The van der Waals surface area contributed by atoms with Crippen LogP contribution in [0.25, 0.3) is 117 Å². The molecule has 15 rings (SSSR count). The molecule has 2 aliphatic rings. The van der Waals surface area contributed by atoms with Crippen LogP contribution in [0.4, 0.5) is 0 Å². The highest BCUT2D eigenvalue weighted by Crippen LogP contribution is 2.54. The zero-order valence-electron chi connectivity index (χ0n) is 44.2. The van der Waals surface area contributed by atoms with Gasteiger partial charge < -0.3 is 4.74 Å². The van der Waals surface area contributed by atoms with Crippen LogP contribution >= 0.6 is 0 Å². The summed E-state index contributed by atoms with van der Waals surface area (Å²) in [6.45, 7) is 11.5. The molecule has 0 atom stereocenters. The first-order valence-corrected chi connectivity index (χ1v) is 27.0. The largest absolute Gasteiger partial charge is 0.458 e. The van der Waals surface area contributed by atoms with Crippen molar-refractivity contribution in [3.05, 3.63) is 260 Å². The topological polar surface area (TPSA) is 35.9 Å². The van der Waals surface area contributed by atoms with E-state index in [0.29, 0.717) is 0 Å². The molecular weight excluding hydrogens is 949 g/mol. The monoisotopic (exact) mass is 1000 g/mol. The summed E-state index contributed by atoms with van der Waals surface area (Å²) in [5, 5.41) is 2.31. The minimum atomic E-state index is -0.199. The Bertz CT molecular complexity index is 4600. The molecule has 10 aromatic carbocycles. The van der Waals surface area contributed by atoms with Gasteiger partial charge in [-0.05, 0) is 150 Å². The van der Waals surface area contributed by atoms with Gasteiger partial charge in [0.05, 0.1) is 33.4 Å². The molecule has 0 unspecified atom stereocenters. The number of rotatable bonds is 6. The number of nitrogens with zero attached hydrogens (tertiary/aromatic N) is 4. The minimum Gasteiger partial charge on any atom is -0.458 e. The molecule has 4 heterocycles. The number of pyridine rings is 1. The Hall–Kier alpha value is -9.58. The van der Waals surface area contributed by atoms with Crippen LogP contribution < -0.4 is 9.30 Å². The lowest BCUT2D eigenvalue weighted by molar-refractivity contribution is -0.570. The number of hydrogen-bond acceptors (Lipinski definition) is 2. The third-order valence-corrected chi connectivity index (χ3v) is 16.5. The van der Waals surface area contributed by atoms with Crippen molar-refractivity contribution in [2.24, 2.45) is 0 Å². The van der Waals surface area contributed by atoms with E-state index in [1.54, 1.807) is 0 Å². The van der Waals surface area contributed by atoms with Crippen LogP contribution in [0, 0.1) is 6.33 Å². The van der Waals surface area contributed by atoms with Crippen LogP contribution in [0.2, 0.25) is 0 Å². The first-order chi connectivity index (χ1) is 38.1. The van der Waals surface area contributed by atoms with Crippen LogP contribution in [0.15, 0.2) is 237 Å². The van der Waals surface area contributed by atoms with Crippen molar-refractivity contribution in [3.63, 3.8) is 0 Å². The molecule has 3 aromatic heterocycles. The minimum absolute atomic E-state index is 0.0319. The standard InChI is InChI=1S/C73H54N4O/c1-72(2,3)48-38-39-74-68(42-48)77-65-34-16-14-29-58(65)59-37-36-51(44-67(59)77)78-50-23-17-22-49(43-50)75-45-76-70-52(47-40-62(46-20-7-6-8-21-46)69-63(41-47)57-28-13-15-33-64(57)73(69,4)5)30-18-31-60(70)55-26-11-9-24-53(55)54-25-10-12-27-56(54)61-32-19-35-66(75)71(61)76/h6-44H,1-5H3. The number of benzene rings is 10. The smallest absolute Gasteiger partial charge is 0.269 e. The van der Waals surface area contributed by atoms with Crippen molar-refractivity contribution in [1.29, 1.82) is 0 Å². The second kappa shape index (κ2) is 17.2. The second-order valence-electron chi connectivity index (χ2n) is 22.5. The van der Waals surface area contributed by atoms with Crippen LogP contribution in [-0.4, -0.2) is 14.1 Å². The van der Waals surface area contributed by atoms with Gasteiger partial charge in [-0.1, -0.05) is 198 Å². The molecule has 0 amide bonds. The molecule has 0 bridgehead atoms. The number of para-hydroxylation sites is 3. The Morgan fingerprint density at radius 2 is 1.06 bits per heavy atom. The average Bonchev–Trinajstić information content (AvgIpc) is 4.33. The summed E-state index contributed by atoms with van der Waals surface area (Å²) < 4.78 is 13.8. The van der Waals surface area contributed by atoms with Crippen molar-refractivity contribution in [2.45, 2.75) is 45.4 Å². The zero-order chi connectivity index (χ0) is 52.4. The molecule has 13 aromatic rings. The van der Waals surface area contributed by atoms with E-state index in [1.165, 1.54) is 55.5 Å². The lowest BCUT2D eigenvalue weighted by atomic mass is 9.78. The predicted octanol–water partition coefficient (Wildman–Crippen LogP) is 18.2. The van der Waals surface area contributed by atoms with Gasteiger partial charge in [0.2, 0.25) is 0 Å². The maximum atomic E-state index is 6.93. The maximum Gasteiger partial charge on any atom is 0.269 e. The quantitative estimate of drug-likeness (QED) is 0.123. The van der Waals surface area contributed by atoms with E-state index < -0.39 is 0 Å². The van der Waals surface area contributed by atoms with Crippen molar-refractivity contribution in [2.75, 3.05) is 0 Å². The van der Waals surface area contributed by atoms with E-state index in [9.17, 15) is 0 Å². The van der Waals surface area contributed by atoms with E-state index >= 15 is 0 Å². The molecule has 1 aliphatic heterocycles. The lowest BCUT2D eigenvalue weighted by Gasteiger charge is -2.26. The van der Waals surface area contributed by atoms with Crippen molar-refractivity contribution >= 4 is 32.8 Å². The second-order valence-corrected chi connectivity index (χ2v) is 22.5. The van der Waals surface area contributed by atoms with Crippen molar-refractivity contribution < 1.29 is 9.30 Å². The number of ether oxygens (including phenoxy) is 1. The number of imidazole rings is 1. The number of fused-ring (bicyclic) bond motifs is 13. The van der Waals surface area contributed by atoms with Crippen LogP contribution in [0.3, 0.4) is 0 Å². The van der Waals surface area contributed by atoms with E-state index in [4.69, 9.17) is 9.72 Å². The maximum absolute atomic E-state index is 6.93. The third-order valence-electron chi connectivity index (χ3n) is 16.5. The fourth-order valence-corrected chi connectivity index (χ4v) is 12.9. The molecule has 0 radical (unpaired) electrons. The molecule has 5 heteroatoms. The highest BCUT2D eigenvalue weighted by atomic mass is 16.5. The molecule has 0 N–H and O–H groups in total. The van der Waals surface area contributed by atoms with Gasteiger partial charge in [-0.3, -0.25) is 13.7 Å². The van der Waals surface area contributed by atoms with Gasteiger partial charge in [-0.15, -0.1) is 0 Å². The van der Waals surface area contributed by atoms with Crippen LogP contribution in [-0.2, 0) is 10.8 Å².